The zero-order chi connectivity index (χ0) is 14.7. The zero-order valence-electron chi connectivity index (χ0n) is 12.5. The first-order valence-corrected chi connectivity index (χ1v) is 7.91. The number of nitrogens with one attached hydrogen (secondary N) is 1. The Morgan fingerprint density at radius 3 is 3.29 bits per heavy atom. The molecule has 2 heterocycles. The number of rotatable bonds is 4. The Morgan fingerprint density at radius 1 is 1.52 bits per heavy atom. The van der Waals surface area contributed by atoms with E-state index >= 15 is 0 Å². The summed E-state index contributed by atoms with van der Waals surface area (Å²) in [7, 11) is 0. The molecule has 114 valence electrons. The highest BCUT2D eigenvalue weighted by Gasteiger charge is 2.39. The van der Waals surface area contributed by atoms with Crippen LogP contribution in [0.5, 0.6) is 0 Å². The first-order chi connectivity index (χ1) is 10.3. The second kappa shape index (κ2) is 6.43. The van der Waals surface area contributed by atoms with Crippen molar-refractivity contribution < 1.29 is 9.53 Å². The van der Waals surface area contributed by atoms with Crippen molar-refractivity contribution in [2.45, 2.75) is 44.8 Å². The number of hydrogen-bond donors (Lipinski definition) is 1. The first kappa shape index (κ1) is 14.3. The van der Waals surface area contributed by atoms with Gasteiger partial charge >= 0.3 is 0 Å². The number of ether oxygens (including phenoxy) is 1. The Morgan fingerprint density at radius 2 is 2.43 bits per heavy atom. The molecule has 1 amide bonds. The fourth-order valence-electron chi connectivity index (χ4n) is 3.31. The number of fused-ring (bicyclic) bond motifs is 1. The Bertz CT molecular complexity index is 506. The summed E-state index contributed by atoms with van der Waals surface area (Å²) >= 11 is 0. The number of amides is 1. The average Bonchev–Trinajstić information content (AvgIpc) is 3.01. The minimum absolute atomic E-state index is 0.0851. The van der Waals surface area contributed by atoms with Gasteiger partial charge < -0.3 is 15.0 Å². The van der Waals surface area contributed by atoms with Crippen molar-refractivity contribution in [1.82, 2.24) is 9.88 Å². The number of anilines is 1. The molecule has 2 fully saturated rings. The third-order valence-electron chi connectivity index (χ3n) is 4.36. The lowest BCUT2D eigenvalue weighted by Crippen LogP contribution is -2.51. The van der Waals surface area contributed by atoms with Crippen LogP contribution in [-0.2, 0) is 4.74 Å². The van der Waals surface area contributed by atoms with Gasteiger partial charge in [-0.05, 0) is 31.7 Å². The molecule has 1 N–H and O–H groups in total. The van der Waals surface area contributed by atoms with Crippen molar-refractivity contribution in [2.75, 3.05) is 25.0 Å². The molecule has 21 heavy (non-hydrogen) atoms. The minimum atomic E-state index is 0.0851. The summed E-state index contributed by atoms with van der Waals surface area (Å²) in [6.45, 7) is 4.30. The van der Waals surface area contributed by atoms with Crippen LogP contribution in [0.3, 0.4) is 0 Å². The van der Waals surface area contributed by atoms with Gasteiger partial charge in [-0.2, -0.15) is 0 Å². The number of pyridine rings is 1. The zero-order valence-corrected chi connectivity index (χ0v) is 12.5. The van der Waals surface area contributed by atoms with Gasteiger partial charge in [0, 0.05) is 25.5 Å². The van der Waals surface area contributed by atoms with Gasteiger partial charge in [0.05, 0.1) is 30.0 Å². The predicted molar refractivity (Wildman–Crippen MR) is 81.4 cm³/mol. The summed E-state index contributed by atoms with van der Waals surface area (Å²) in [5.74, 6) is 0.0851. The van der Waals surface area contributed by atoms with Gasteiger partial charge in [-0.15, -0.1) is 0 Å². The fourth-order valence-corrected chi connectivity index (χ4v) is 3.31. The second-order valence-corrected chi connectivity index (χ2v) is 5.75. The Hall–Kier alpha value is -1.62. The molecule has 0 radical (unpaired) electrons. The molecule has 1 aliphatic heterocycles. The summed E-state index contributed by atoms with van der Waals surface area (Å²) in [6.07, 6.45) is 7.93. The number of carbonyl (C=O) groups is 1. The van der Waals surface area contributed by atoms with Crippen LogP contribution in [0.15, 0.2) is 18.5 Å². The third-order valence-corrected chi connectivity index (χ3v) is 4.36. The van der Waals surface area contributed by atoms with Crippen LogP contribution in [-0.4, -0.2) is 47.6 Å². The van der Waals surface area contributed by atoms with E-state index in [9.17, 15) is 4.79 Å². The van der Waals surface area contributed by atoms with E-state index < -0.39 is 0 Å². The SMILES string of the molecule is CCCNc1ccncc1C(=O)N1CCOC2CCCC21. The highest BCUT2D eigenvalue weighted by atomic mass is 16.5. The molecule has 1 aliphatic carbocycles. The van der Waals surface area contributed by atoms with E-state index in [1.807, 2.05) is 11.0 Å². The third kappa shape index (κ3) is 2.88. The smallest absolute Gasteiger partial charge is 0.257 e. The van der Waals surface area contributed by atoms with E-state index in [0.717, 1.165) is 37.9 Å². The second-order valence-electron chi connectivity index (χ2n) is 5.75. The molecular formula is C16H23N3O2. The van der Waals surface area contributed by atoms with Crippen LogP contribution in [0, 0.1) is 0 Å². The fraction of sp³-hybridized carbons (Fsp3) is 0.625. The van der Waals surface area contributed by atoms with E-state index in [1.165, 1.54) is 0 Å². The molecule has 2 aliphatic rings. The van der Waals surface area contributed by atoms with Crippen molar-refractivity contribution in [3.8, 4) is 0 Å². The first-order valence-electron chi connectivity index (χ1n) is 7.91. The normalized spacial score (nSPS) is 24.7. The molecule has 1 aromatic heterocycles. The number of morpholine rings is 1. The van der Waals surface area contributed by atoms with Crippen LogP contribution < -0.4 is 5.32 Å². The van der Waals surface area contributed by atoms with Gasteiger partial charge in [0.15, 0.2) is 0 Å². The highest BCUT2D eigenvalue weighted by Crippen LogP contribution is 2.31. The molecule has 1 saturated heterocycles. The molecule has 0 bridgehead atoms. The number of nitrogens with zero attached hydrogens (tertiary/aromatic N) is 2. The lowest BCUT2D eigenvalue weighted by Gasteiger charge is -2.38. The van der Waals surface area contributed by atoms with Crippen LogP contribution >= 0.6 is 0 Å². The molecule has 2 unspecified atom stereocenters. The largest absolute Gasteiger partial charge is 0.384 e. The number of hydrogen-bond acceptors (Lipinski definition) is 4. The summed E-state index contributed by atoms with van der Waals surface area (Å²) in [5.41, 5.74) is 1.57. The van der Waals surface area contributed by atoms with E-state index in [4.69, 9.17) is 4.74 Å². The maximum atomic E-state index is 12.9. The van der Waals surface area contributed by atoms with Crippen molar-refractivity contribution in [1.29, 1.82) is 0 Å². The molecule has 5 nitrogen and oxygen atoms in total. The van der Waals surface area contributed by atoms with Crippen LogP contribution in [0.1, 0.15) is 43.0 Å². The van der Waals surface area contributed by atoms with Crippen LogP contribution in [0.25, 0.3) is 0 Å². The Labute approximate surface area is 125 Å². The molecule has 1 aromatic rings. The van der Waals surface area contributed by atoms with Gasteiger partial charge in [-0.1, -0.05) is 6.92 Å². The molecular weight excluding hydrogens is 266 g/mol. The van der Waals surface area contributed by atoms with E-state index in [0.29, 0.717) is 18.7 Å². The van der Waals surface area contributed by atoms with E-state index in [2.05, 4.69) is 17.2 Å². The summed E-state index contributed by atoms with van der Waals surface area (Å²) in [5, 5.41) is 3.32. The van der Waals surface area contributed by atoms with Crippen molar-refractivity contribution >= 4 is 11.6 Å². The number of aromatic nitrogens is 1. The summed E-state index contributed by atoms with van der Waals surface area (Å²) in [6, 6.07) is 2.13. The summed E-state index contributed by atoms with van der Waals surface area (Å²) in [4.78, 5) is 19.0. The molecule has 1 saturated carbocycles. The van der Waals surface area contributed by atoms with Crippen LogP contribution in [0.2, 0.25) is 0 Å². The lowest BCUT2D eigenvalue weighted by atomic mass is 10.1. The predicted octanol–water partition coefficient (Wildman–Crippen LogP) is 2.30. The molecule has 2 atom stereocenters. The maximum absolute atomic E-state index is 12.9. The van der Waals surface area contributed by atoms with Gasteiger partial charge in [-0.3, -0.25) is 9.78 Å². The van der Waals surface area contributed by atoms with E-state index in [1.54, 1.807) is 12.4 Å². The van der Waals surface area contributed by atoms with Gasteiger partial charge in [0.2, 0.25) is 0 Å². The van der Waals surface area contributed by atoms with Gasteiger partial charge in [-0.25, -0.2) is 0 Å². The average molecular weight is 289 g/mol. The van der Waals surface area contributed by atoms with E-state index in [-0.39, 0.29) is 18.1 Å². The maximum Gasteiger partial charge on any atom is 0.257 e. The minimum Gasteiger partial charge on any atom is -0.384 e. The van der Waals surface area contributed by atoms with Gasteiger partial charge in [0.25, 0.3) is 5.91 Å². The van der Waals surface area contributed by atoms with Crippen LogP contribution in [0.4, 0.5) is 5.69 Å². The van der Waals surface area contributed by atoms with Crippen molar-refractivity contribution in [2.24, 2.45) is 0 Å². The Balaban J connectivity index is 1.81. The molecule has 5 heteroatoms. The molecule has 0 aromatic carbocycles. The highest BCUT2D eigenvalue weighted by molar-refractivity contribution is 5.99. The van der Waals surface area contributed by atoms with Crippen molar-refractivity contribution in [3.05, 3.63) is 24.0 Å². The standard InChI is InChI=1S/C16H23N3O2/c1-2-7-18-13-6-8-17-11-12(13)16(20)19-9-10-21-15-5-3-4-14(15)19/h6,8,11,14-15H,2-5,7,9-10H2,1H3,(H,17,18). The van der Waals surface area contributed by atoms with Crippen molar-refractivity contribution in [3.63, 3.8) is 0 Å². The summed E-state index contributed by atoms with van der Waals surface area (Å²) < 4.78 is 5.79. The Kier molecular flexibility index (Phi) is 4.39. The molecule has 3 rings (SSSR count). The quantitative estimate of drug-likeness (QED) is 0.924. The molecule has 0 spiro atoms. The topological polar surface area (TPSA) is 54.5 Å². The monoisotopic (exact) mass is 289 g/mol. The van der Waals surface area contributed by atoms with Gasteiger partial charge in [0.1, 0.15) is 0 Å². The number of carbonyl (C=O) groups excluding carboxylic acids is 1. The lowest BCUT2D eigenvalue weighted by molar-refractivity contribution is -0.0445.